The predicted molar refractivity (Wildman–Crippen MR) is 150 cm³/mol. The van der Waals surface area contributed by atoms with E-state index in [1.807, 2.05) is 0 Å². The van der Waals surface area contributed by atoms with E-state index in [0.29, 0.717) is 23.7 Å². The molecule has 0 unspecified atom stereocenters. The van der Waals surface area contributed by atoms with Crippen LogP contribution in [0.15, 0.2) is 145 Å². The minimum absolute atomic E-state index is 0.552. The van der Waals surface area contributed by atoms with Gasteiger partial charge in [0.2, 0.25) is 0 Å². The van der Waals surface area contributed by atoms with Crippen LogP contribution in [0.4, 0.5) is 0 Å². The van der Waals surface area contributed by atoms with Crippen molar-refractivity contribution in [2.75, 3.05) is 0 Å². The lowest BCUT2D eigenvalue weighted by atomic mass is 9.76. The number of benzene rings is 4. The van der Waals surface area contributed by atoms with Crippen molar-refractivity contribution in [3.8, 4) is 0 Å². The second-order valence-corrected chi connectivity index (χ2v) is 10.4. The maximum Gasteiger partial charge on any atom is -0.00208 e. The molecular weight excluding hydrogens is 432 g/mol. The van der Waals surface area contributed by atoms with E-state index in [1.54, 1.807) is 5.57 Å². The summed E-state index contributed by atoms with van der Waals surface area (Å²) in [6.07, 6.45) is 7.60. The van der Waals surface area contributed by atoms with Crippen molar-refractivity contribution >= 4 is 11.1 Å². The summed E-state index contributed by atoms with van der Waals surface area (Å²) in [5.41, 5.74) is 11.5. The highest BCUT2D eigenvalue weighted by molar-refractivity contribution is 5.87. The van der Waals surface area contributed by atoms with Crippen LogP contribution in [0.2, 0.25) is 0 Å². The highest BCUT2D eigenvalue weighted by Gasteiger charge is 2.54. The molecule has 2 saturated carbocycles. The molecule has 4 atom stereocenters. The van der Waals surface area contributed by atoms with Gasteiger partial charge in [-0.25, -0.2) is 0 Å². The molecule has 3 aliphatic rings. The zero-order valence-corrected chi connectivity index (χ0v) is 20.4. The first-order chi connectivity index (χ1) is 17.9. The molecule has 4 aromatic rings. The zero-order chi connectivity index (χ0) is 23.9. The summed E-state index contributed by atoms with van der Waals surface area (Å²) in [5.74, 6) is 2.36. The number of fused-ring (bicyclic) bond motifs is 5. The predicted octanol–water partition coefficient (Wildman–Crippen LogP) is 8.83. The SMILES string of the molecule is C1=C[C@H]2[C@@H](C1=C(c1ccccc1)c1ccccc1)[C@H]1CC[C@@H]2C1=C(c1ccccc1)c1ccccc1. The van der Waals surface area contributed by atoms with E-state index in [4.69, 9.17) is 0 Å². The van der Waals surface area contributed by atoms with Gasteiger partial charge in [0, 0.05) is 0 Å². The lowest BCUT2D eigenvalue weighted by molar-refractivity contribution is 0.322. The van der Waals surface area contributed by atoms with E-state index in [-0.39, 0.29) is 0 Å². The topological polar surface area (TPSA) is 0 Å². The Balaban J connectivity index is 1.44. The molecule has 3 aliphatic carbocycles. The van der Waals surface area contributed by atoms with Gasteiger partial charge in [-0.15, -0.1) is 0 Å². The van der Waals surface area contributed by atoms with Crippen LogP contribution < -0.4 is 0 Å². The summed E-state index contributed by atoms with van der Waals surface area (Å²) < 4.78 is 0. The first kappa shape index (κ1) is 21.4. The molecule has 7 rings (SSSR count). The van der Waals surface area contributed by atoms with Crippen molar-refractivity contribution in [2.45, 2.75) is 12.8 Å². The van der Waals surface area contributed by atoms with E-state index in [0.717, 1.165) is 0 Å². The Morgan fingerprint density at radius 1 is 0.472 bits per heavy atom. The fourth-order valence-corrected chi connectivity index (χ4v) is 7.28. The summed E-state index contributed by atoms with van der Waals surface area (Å²) in [6.45, 7) is 0. The van der Waals surface area contributed by atoms with Crippen molar-refractivity contribution in [2.24, 2.45) is 23.7 Å². The van der Waals surface area contributed by atoms with E-state index >= 15 is 0 Å². The molecule has 0 aromatic heterocycles. The van der Waals surface area contributed by atoms with Gasteiger partial charge in [-0.1, -0.05) is 139 Å². The summed E-state index contributed by atoms with van der Waals surface area (Å²) in [7, 11) is 0. The van der Waals surface area contributed by atoms with Gasteiger partial charge in [0.05, 0.1) is 0 Å². The number of allylic oxidation sites excluding steroid dienone is 4. The molecule has 0 saturated heterocycles. The highest BCUT2D eigenvalue weighted by Crippen LogP contribution is 2.64. The Bertz CT molecular complexity index is 1370. The number of hydrogen-bond donors (Lipinski definition) is 0. The third kappa shape index (κ3) is 3.44. The van der Waals surface area contributed by atoms with Crippen LogP contribution in [0.3, 0.4) is 0 Å². The summed E-state index contributed by atoms with van der Waals surface area (Å²) in [4.78, 5) is 0. The van der Waals surface area contributed by atoms with E-state index in [1.165, 1.54) is 51.8 Å². The Morgan fingerprint density at radius 3 is 1.36 bits per heavy atom. The number of hydrogen-bond acceptors (Lipinski definition) is 0. The maximum absolute atomic E-state index is 2.54. The fraction of sp³-hybridized carbons (Fsp3) is 0.167. The Kier molecular flexibility index (Phi) is 5.32. The smallest absolute Gasteiger partial charge is 0.00208 e. The van der Waals surface area contributed by atoms with Crippen LogP contribution in [-0.2, 0) is 0 Å². The van der Waals surface area contributed by atoms with E-state index in [2.05, 4.69) is 133 Å². The lowest BCUT2D eigenvalue weighted by Gasteiger charge is -2.27. The van der Waals surface area contributed by atoms with Crippen molar-refractivity contribution in [1.82, 2.24) is 0 Å². The highest BCUT2D eigenvalue weighted by atomic mass is 14.6. The van der Waals surface area contributed by atoms with Gasteiger partial charge in [0.25, 0.3) is 0 Å². The summed E-state index contributed by atoms with van der Waals surface area (Å²) >= 11 is 0. The van der Waals surface area contributed by atoms with E-state index in [9.17, 15) is 0 Å². The second kappa shape index (κ2) is 8.95. The van der Waals surface area contributed by atoms with Gasteiger partial charge in [0.1, 0.15) is 0 Å². The molecule has 0 heteroatoms. The third-order valence-corrected chi connectivity index (χ3v) is 8.58. The minimum atomic E-state index is 0.552. The fourth-order valence-electron chi connectivity index (χ4n) is 7.28. The molecule has 0 aliphatic heterocycles. The second-order valence-electron chi connectivity index (χ2n) is 10.4. The normalized spacial score (nSPS) is 23.7. The minimum Gasteiger partial charge on any atom is -0.0799 e. The largest absolute Gasteiger partial charge is 0.0799 e. The Morgan fingerprint density at radius 2 is 0.889 bits per heavy atom. The standard InChI is InChI=1S/C36H30/c1-5-13-25(14-6-1)33(26-15-7-2-8-16-26)31-23-21-29-30-22-24-32(35(29)31)36(30)34(27-17-9-3-10-18-27)28-19-11-4-12-20-28/h1-21,23,29-30,32,35H,22,24H2/t29-,30+,32-,35+/m1/s1. The quantitative estimate of drug-likeness (QED) is 0.284. The average Bonchev–Trinajstić information content (AvgIpc) is 3.64. The van der Waals surface area contributed by atoms with Crippen molar-refractivity contribution in [1.29, 1.82) is 0 Å². The van der Waals surface area contributed by atoms with E-state index < -0.39 is 0 Å². The molecule has 0 heterocycles. The lowest BCUT2D eigenvalue weighted by Crippen LogP contribution is -2.19. The first-order valence-electron chi connectivity index (χ1n) is 13.3. The van der Waals surface area contributed by atoms with Crippen LogP contribution in [0.5, 0.6) is 0 Å². The molecule has 2 bridgehead atoms. The van der Waals surface area contributed by atoms with Crippen molar-refractivity contribution < 1.29 is 0 Å². The molecule has 2 fully saturated rings. The first-order valence-corrected chi connectivity index (χ1v) is 13.3. The molecule has 0 spiro atoms. The van der Waals surface area contributed by atoms with Crippen molar-refractivity contribution in [3.05, 3.63) is 167 Å². The van der Waals surface area contributed by atoms with Crippen LogP contribution in [-0.4, -0.2) is 0 Å². The molecule has 0 nitrogen and oxygen atoms in total. The van der Waals surface area contributed by atoms with Crippen molar-refractivity contribution in [3.63, 3.8) is 0 Å². The summed E-state index contributed by atoms with van der Waals surface area (Å²) in [5, 5.41) is 0. The van der Waals surface area contributed by atoms with Gasteiger partial charge >= 0.3 is 0 Å². The average molecular weight is 463 g/mol. The number of rotatable bonds is 4. The van der Waals surface area contributed by atoms with Crippen LogP contribution >= 0.6 is 0 Å². The van der Waals surface area contributed by atoms with Crippen LogP contribution in [0.25, 0.3) is 11.1 Å². The molecule has 4 aromatic carbocycles. The zero-order valence-electron chi connectivity index (χ0n) is 20.4. The summed E-state index contributed by atoms with van der Waals surface area (Å²) in [6, 6.07) is 44.2. The van der Waals surface area contributed by atoms with Gasteiger partial charge in [-0.2, -0.15) is 0 Å². The van der Waals surface area contributed by atoms with Crippen LogP contribution in [0.1, 0.15) is 35.1 Å². The Labute approximate surface area is 214 Å². The molecule has 36 heavy (non-hydrogen) atoms. The molecule has 0 N–H and O–H groups in total. The molecule has 0 radical (unpaired) electrons. The van der Waals surface area contributed by atoms with Gasteiger partial charge < -0.3 is 0 Å². The third-order valence-electron chi connectivity index (χ3n) is 8.58. The molecule has 174 valence electrons. The van der Waals surface area contributed by atoms with Gasteiger partial charge in [-0.3, -0.25) is 0 Å². The monoisotopic (exact) mass is 462 g/mol. The van der Waals surface area contributed by atoms with Crippen LogP contribution in [0, 0.1) is 23.7 Å². The Hall–Kier alpha value is -3.90. The van der Waals surface area contributed by atoms with Gasteiger partial charge in [-0.05, 0) is 75.5 Å². The molecular formula is C36H30. The van der Waals surface area contributed by atoms with Gasteiger partial charge in [0.15, 0.2) is 0 Å². The molecule has 0 amide bonds. The maximum atomic E-state index is 2.54.